The molecule has 2 amide bonds. The van der Waals surface area contributed by atoms with Crippen LogP contribution in [0.1, 0.15) is 12.6 Å². The van der Waals surface area contributed by atoms with E-state index in [1.807, 2.05) is 0 Å². The fourth-order valence-electron chi connectivity index (χ4n) is 1.02. The van der Waals surface area contributed by atoms with Gasteiger partial charge in [0.05, 0.1) is 0 Å². The first-order valence-electron chi connectivity index (χ1n) is 4.84. The molecule has 1 radical (unpaired) electrons. The number of hydrogen-bond acceptors (Lipinski definition) is 7. The first-order valence-corrected chi connectivity index (χ1v) is 5.72. The number of rotatable bonds is 5. The van der Waals surface area contributed by atoms with Gasteiger partial charge in [0.1, 0.15) is 18.8 Å². The molecule has 97 valence electrons. The predicted molar refractivity (Wildman–Crippen MR) is 65.8 cm³/mol. The monoisotopic (exact) mass is 270 g/mol. The van der Waals surface area contributed by atoms with Gasteiger partial charge in [0, 0.05) is 5.38 Å². The summed E-state index contributed by atoms with van der Waals surface area (Å²) in [6.45, 7) is 1.40. The molecule has 1 rings (SSSR count). The Labute approximate surface area is 107 Å². The van der Waals surface area contributed by atoms with Crippen LogP contribution in [0.5, 0.6) is 0 Å². The van der Waals surface area contributed by atoms with Gasteiger partial charge in [-0.1, -0.05) is 5.16 Å². The number of carbonyl (C=O) groups is 2. The van der Waals surface area contributed by atoms with Crippen molar-refractivity contribution in [1.29, 1.82) is 0 Å². The van der Waals surface area contributed by atoms with Crippen molar-refractivity contribution in [1.82, 2.24) is 16.0 Å². The summed E-state index contributed by atoms with van der Waals surface area (Å²) in [5.74, 6) is -1.56. The Bertz CT molecular complexity index is 484. The average molecular weight is 270 g/mol. The van der Waals surface area contributed by atoms with Gasteiger partial charge in [-0.05, 0) is 6.92 Å². The molecule has 0 spiro atoms. The molecule has 1 atom stereocenters. The third-order valence-electron chi connectivity index (χ3n) is 1.90. The lowest BCUT2D eigenvalue weighted by Gasteiger charge is -2.09. The van der Waals surface area contributed by atoms with Crippen molar-refractivity contribution >= 4 is 34.0 Å². The van der Waals surface area contributed by atoms with Gasteiger partial charge < -0.3 is 15.9 Å². The zero-order valence-electron chi connectivity index (χ0n) is 9.76. The summed E-state index contributed by atoms with van der Waals surface area (Å²) in [5.41, 5.74) is 12.5. The van der Waals surface area contributed by atoms with E-state index >= 15 is 0 Å². The largest absolute Gasteiger partial charge is 0.398 e. The van der Waals surface area contributed by atoms with E-state index in [1.54, 1.807) is 5.38 Å². The topological polar surface area (TPSA) is 130 Å². The normalized spacial score (nSPS) is 12.9. The lowest BCUT2D eigenvalue weighted by molar-refractivity contribution is -0.124. The molecule has 1 heterocycles. The highest BCUT2D eigenvalue weighted by Crippen LogP contribution is 2.12. The summed E-state index contributed by atoms with van der Waals surface area (Å²) in [5, 5.41) is 7.67. The molecule has 0 bridgehead atoms. The van der Waals surface area contributed by atoms with Gasteiger partial charge in [0.15, 0.2) is 10.8 Å². The van der Waals surface area contributed by atoms with Gasteiger partial charge in [0.25, 0.3) is 11.8 Å². The zero-order chi connectivity index (χ0) is 13.7. The summed E-state index contributed by atoms with van der Waals surface area (Å²) in [6.07, 6.45) is 0. The molecule has 1 aromatic rings. The first-order chi connectivity index (χ1) is 8.45. The molecule has 0 saturated carbocycles. The van der Waals surface area contributed by atoms with Crippen molar-refractivity contribution in [2.75, 3.05) is 12.8 Å². The number of nitrogens with zero attached hydrogens (tertiary/aromatic N) is 2. The van der Waals surface area contributed by atoms with Crippen LogP contribution in [0.25, 0.3) is 0 Å². The Morgan fingerprint density at radius 2 is 2.33 bits per heavy atom. The third-order valence-corrected chi connectivity index (χ3v) is 2.58. The Hall–Kier alpha value is -2.16. The van der Waals surface area contributed by atoms with Crippen molar-refractivity contribution in [2.24, 2.45) is 5.16 Å². The van der Waals surface area contributed by atoms with Crippen LogP contribution in [0.15, 0.2) is 10.5 Å². The Balaban J connectivity index is 2.90. The van der Waals surface area contributed by atoms with Crippen molar-refractivity contribution in [3.63, 3.8) is 0 Å². The number of carbonyl (C=O) groups excluding carboxylic acids is 2. The molecule has 9 heteroatoms. The van der Waals surface area contributed by atoms with E-state index in [9.17, 15) is 9.59 Å². The van der Waals surface area contributed by atoms with E-state index in [0.29, 0.717) is 0 Å². The number of nitrogens with two attached hydrogens (primary N) is 1. The Morgan fingerprint density at radius 3 is 2.78 bits per heavy atom. The second-order valence-electron chi connectivity index (χ2n) is 3.25. The van der Waals surface area contributed by atoms with Gasteiger partial charge in [-0.3, -0.25) is 15.3 Å². The summed E-state index contributed by atoms with van der Waals surface area (Å²) >= 11 is 1.15. The fraction of sp³-hybridized carbons (Fsp3) is 0.333. The van der Waals surface area contributed by atoms with Crippen LogP contribution in [-0.2, 0) is 14.4 Å². The number of amides is 2. The van der Waals surface area contributed by atoms with Crippen LogP contribution < -0.4 is 16.8 Å². The molecule has 0 aliphatic carbocycles. The van der Waals surface area contributed by atoms with Gasteiger partial charge in [-0.25, -0.2) is 4.98 Å². The van der Waals surface area contributed by atoms with Crippen LogP contribution in [0.2, 0.25) is 0 Å². The van der Waals surface area contributed by atoms with E-state index in [-0.39, 0.29) is 16.5 Å². The third kappa shape index (κ3) is 3.42. The standard InChI is InChI=1S/C9H12N5O3S/c1-4(7(10)15)12-8(16)6(14-17-2)5-3-18-9(11)13-5/h3-4,10H,1-2H3,(H2,11,13)(H,12,16)/b14-6-. The van der Waals surface area contributed by atoms with Crippen LogP contribution >= 0.6 is 11.3 Å². The van der Waals surface area contributed by atoms with E-state index in [2.05, 4.69) is 20.3 Å². The maximum atomic E-state index is 11.8. The van der Waals surface area contributed by atoms with Crippen LogP contribution in [0, 0.1) is 0 Å². The second kappa shape index (κ2) is 5.96. The molecule has 0 saturated heterocycles. The minimum absolute atomic E-state index is 0.0986. The lowest BCUT2D eigenvalue weighted by atomic mass is 10.2. The fourth-order valence-corrected chi connectivity index (χ4v) is 1.57. The SMILES string of the molecule is CO/N=C(\C(=O)NC(C)C([NH])=O)c1csc(N)n1. The highest BCUT2D eigenvalue weighted by molar-refractivity contribution is 7.13. The van der Waals surface area contributed by atoms with Crippen LogP contribution in [0.3, 0.4) is 0 Å². The molecule has 0 aromatic carbocycles. The molecular formula is C9H12N5O3S. The minimum atomic E-state index is -0.935. The molecule has 1 aromatic heterocycles. The number of oxime groups is 1. The molecular weight excluding hydrogens is 258 g/mol. The van der Waals surface area contributed by atoms with Crippen LogP contribution in [-0.4, -0.2) is 35.7 Å². The summed E-state index contributed by atoms with van der Waals surface area (Å²) in [7, 11) is 1.28. The smallest absolute Gasteiger partial charge is 0.276 e. The maximum Gasteiger partial charge on any atom is 0.276 e. The predicted octanol–water partition coefficient (Wildman–Crippen LogP) is -0.610. The number of nitrogen functional groups attached to an aromatic ring is 1. The number of hydrogen-bond donors (Lipinski definition) is 2. The maximum absolute atomic E-state index is 11.8. The van der Waals surface area contributed by atoms with E-state index in [4.69, 9.17) is 11.5 Å². The number of aromatic nitrogens is 1. The zero-order valence-corrected chi connectivity index (χ0v) is 10.6. The van der Waals surface area contributed by atoms with Gasteiger partial charge >= 0.3 is 0 Å². The molecule has 0 aliphatic heterocycles. The summed E-state index contributed by atoms with van der Waals surface area (Å²) < 4.78 is 0. The number of nitrogens with one attached hydrogen (secondary N) is 2. The molecule has 1 unspecified atom stereocenters. The Morgan fingerprint density at radius 1 is 1.67 bits per heavy atom. The quantitative estimate of drug-likeness (QED) is 0.544. The minimum Gasteiger partial charge on any atom is -0.398 e. The van der Waals surface area contributed by atoms with Crippen molar-refractivity contribution in [2.45, 2.75) is 13.0 Å². The summed E-state index contributed by atoms with van der Waals surface area (Å²) in [6, 6.07) is -0.935. The van der Waals surface area contributed by atoms with E-state index in [0.717, 1.165) is 11.3 Å². The molecule has 18 heavy (non-hydrogen) atoms. The van der Waals surface area contributed by atoms with Crippen molar-refractivity contribution < 1.29 is 14.4 Å². The van der Waals surface area contributed by atoms with Crippen molar-refractivity contribution in [3.8, 4) is 0 Å². The van der Waals surface area contributed by atoms with Gasteiger partial charge in [-0.2, -0.15) is 0 Å². The highest BCUT2D eigenvalue weighted by atomic mass is 32.1. The first kappa shape index (κ1) is 13.9. The second-order valence-corrected chi connectivity index (χ2v) is 4.14. The van der Waals surface area contributed by atoms with Gasteiger partial charge in [-0.15, -0.1) is 11.3 Å². The average Bonchev–Trinajstić information content (AvgIpc) is 2.72. The van der Waals surface area contributed by atoms with Crippen LogP contribution in [0.4, 0.5) is 5.13 Å². The lowest BCUT2D eigenvalue weighted by Crippen LogP contribution is -2.43. The molecule has 0 aliphatic rings. The molecule has 0 fully saturated rings. The molecule has 8 nitrogen and oxygen atoms in total. The summed E-state index contributed by atoms with van der Waals surface area (Å²) in [4.78, 5) is 31.0. The number of thiazole rings is 1. The van der Waals surface area contributed by atoms with E-state index in [1.165, 1.54) is 14.0 Å². The van der Waals surface area contributed by atoms with Crippen molar-refractivity contribution in [3.05, 3.63) is 11.1 Å². The number of anilines is 1. The molecule has 4 N–H and O–H groups in total. The van der Waals surface area contributed by atoms with E-state index < -0.39 is 17.9 Å². The Kier molecular flexibility index (Phi) is 4.60. The highest BCUT2D eigenvalue weighted by Gasteiger charge is 2.21. The van der Waals surface area contributed by atoms with Gasteiger partial charge in [0.2, 0.25) is 0 Å².